The zero-order chi connectivity index (χ0) is 23.9. The standard InChI is InChI=1S/C25H20ClFN4O2S/c26-21-14-19(9-10-22(21)27)30-23(32)16-34-25-28-11-12-31(25)20-8-4-7-18(13-20)24(33)29-15-17-5-2-1-3-6-17/h1-14H,15-16H2,(H,29,33)(H,30,32). The molecule has 0 unspecified atom stereocenters. The maximum absolute atomic E-state index is 13.3. The molecule has 0 aliphatic heterocycles. The van der Waals surface area contributed by atoms with Gasteiger partial charge in [-0.3, -0.25) is 14.2 Å². The van der Waals surface area contributed by atoms with Gasteiger partial charge in [0.05, 0.1) is 10.8 Å². The van der Waals surface area contributed by atoms with Gasteiger partial charge in [0, 0.05) is 35.9 Å². The lowest BCUT2D eigenvalue weighted by Crippen LogP contribution is -2.22. The number of thioether (sulfide) groups is 1. The molecule has 9 heteroatoms. The number of anilines is 1. The van der Waals surface area contributed by atoms with Crippen molar-refractivity contribution >= 4 is 40.9 Å². The minimum Gasteiger partial charge on any atom is -0.348 e. The van der Waals surface area contributed by atoms with Gasteiger partial charge in [0.2, 0.25) is 5.91 Å². The molecule has 0 bridgehead atoms. The molecule has 4 aromatic rings. The largest absolute Gasteiger partial charge is 0.348 e. The van der Waals surface area contributed by atoms with Crippen molar-refractivity contribution in [1.29, 1.82) is 0 Å². The normalized spacial score (nSPS) is 10.6. The number of nitrogens with zero attached hydrogens (tertiary/aromatic N) is 2. The maximum Gasteiger partial charge on any atom is 0.251 e. The van der Waals surface area contributed by atoms with Crippen LogP contribution in [0, 0.1) is 5.82 Å². The zero-order valence-corrected chi connectivity index (χ0v) is 19.4. The van der Waals surface area contributed by atoms with E-state index in [0.717, 1.165) is 11.3 Å². The summed E-state index contributed by atoms with van der Waals surface area (Å²) in [5.41, 5.74) is 2.69. The summed E-state index contributed by atoms with van der Waals surface area (Å²) >= 11 is 6.99. The number of aromatic nitrogens is 2. The summed E-state index contributed by atoms with van der Waals surface area (Å²) < 4.78 is 15.1. The summed E-state index contributed by atoms with van der Waals surface area (Å²) in [6, 6.07) is 20.9. The molecule has 6 nitrogen and oxygen atoms in total. The first-order valence-electron chi connectivity index (χ1n) is 10.3. The summed E-state index contributed by atoms with van der Waals surface area (Å²) in [5.74, 6) is -0.927. The molecular weight excluding hydrogens is 475 g/mol. The smallest absolute Gasteiger partial charge is 0.251 e. The molecule has 0 atom stereocenters. The number of benzene rings is 3. The molecule has 34 heavy (non-hydrogen) atoms. The molecular formula is C25H20ClFN4O2S. The summed E-state index contributed by atoms with van der Waals surface area (Å²) in [6.45, 7) is 0.435. The number of imidazole rings is 1. The second kappa shape index (κ2) is 11.0. The van der Waals surface area contributed by atoms with Crippen LogP contribution < -0.4 is 10.6 Å². The quantitative estimate of drug-likeness (QED) is 0.325. The van der Waals surface area contributed by atoms with Crippen molar-refractivity contribution in [2.75, 3.05) is 11.1 Å². The number of halogens is 2. The van der Waals surface area contributed by atoms with Gasteiger partial charge < -0.3 is 10.6 Å². The Morgan fingerprint density at radius 2 is 1.85 bits per heavy atom. The maximum atomic E-state index is 13.3. The summed E-state index contributed by atoms with van der Waals surface area (Å²) in [6.07, 6.45) is 3.39. The van der Waals surface area contributed by atoms with Crippen molar-refractivity contribution in [2.45, 2.75) is 11.7 Å². The van der Waals surface area contributed by atoms with Gasteiger partial charge in [-0.1, -0.05) is 59.8 Å². The van der Waals surface area contributed by atoms with Crippen molar-refractivity contribution in [3.05, 3.63) is 107 Å². The van der Waals surface area contributed by atoms with Crippen molar-refractivity contribution in [3.63, 3.8) is 0 Å². The predicted molar refractivity (Wildman–Crippen MR) is 132 cm³/mol. The Morgan fingerprint density at radius 1 is 1.03 bits per heavy atom. The van der Waals surface area contributed by atoms with Gasteiger partial charge in [-0.25, -0.2) is 9.37 Å². The van der Waals surface area contributed by atoms with Crippen molar-refractivity contribution < 1.29 is 14.0 Å². The number of rotatable bonds is 8. The first kappa shape index (κ1) is 23.5. The van der Waals surface area contributed by atoms with Gasteiger partial charge in [-0.15, -0.1) is 0 Å². The third-order valence-electron chi connectivity index (χ3n) is 4.82. The second-order valence-corrected chi connectivity index (χ2v) is 8.61. The highest BCUT2D eigenvalue weighted by Gasteiger charge is 2.12. The Morgan fingerprint density at radius 3 is 2.65 bits per heavy atom. The van der Waals surface area contributed by atoms with Crippen LogP contribution in [0.2, 0.25) is 5.02 Å². The number of carbonyl (C=O) groups excluding carboxylic acids is 2. The van der Waals surface area contributed by atoms with Crippen LogP contribution in [-0.4, -0.2) is 27.1 Å². The van der Waals surface area contributed by atoms with Crippen LogP contribution in [0.4, 0.5) is 10.1 Å². The van der Waals surface area contributed by atoms with Crippen LogP contribution in [0.5, 0.6) is 0 Å². The Hall–Kier alpha value is -3.62. The predicted octanol–water partition coefficient (Wildman–Crippen LogP) is 5.33. The van der Waals surface area contributed by atoms with Gasteiger partial charge >= 0.3 is 0 Å². The highest BCUT2D eigenvalue weighted by atomic mass is 35.5. The van der Waals surface area contributed by atoms with E-state index in [1.807, 2.05) is 36.4 Å². The molecule has 4 rings (SSSR count). The fraction of sp³-hybridized carbons (Fsp3) is 0.0800. The van der Waals surface area contributed by atoms with Crippen molar-refractivity contribution in [1.82, 2.24) is 14.9 Å². The first-order chi connectivity index (χ1) is 16.5. The number of hydrogen-bond donors (Lipinski definition) is 2. The highest BCUT2D eigenvalue weighted by molar-refractivity contribution is 7.99. The van der Waals surface area contributed by atoms with Gasteiger partial charge in [0.25, 0.3) is 5.91 Å². The molecule has 0 radical (unpaired) electrons. The third kappa shape index (κ3) is 6.03. The molecule has 0 saturated carbocycles. The second-order valence-electron chi connectivity index (χ2n) is 7.26. The molecule has 2 amide bonds. The SMILES string of the molecule is O=C(CSc1nccn1-c1cccc(C(=O)NCc2ccccc2)c1)Nc1ccc(F)c(Cl)c1. The van der Waals surface area contributed by atoms with Gasteiger partial charge in [-0.05, 0) is 42.0 Å². The lowest BCUT2D eigenvalue weighted by molar-refractivity contribution is -0.113. The molecule has 0 aliphatic rings. The number of nitrogens with one attached hydrogen (secondary N) is 2. The minimum atomic E-state index is -0.549. The van der Waals surface area contributed by atoms with Gasteiger partial charge in [0.15, 0.2) is 5.16 Å². The molecule has 1 heterocycles. The van der Waals surface area contributed by atoms with Crippen LogP contribution in [0.1, 0.15) is 15.9 Å². The zero-order valence-electron chi connectivity index (χ0n) is 17.9. The topological polar surface area (TPSA) is 76.0 Å². The summed E-state index contributed by atoms with van der Waals surface area (Å²) in [7, 11) is 0. The molecule has 3 aromatic carbocycles. The Labute approximate surface area is 205 Å². The highest BCUT2D eigenvalue weighted by Crippen LogP contribution is 2.23. The number of amides is 2. The average Bonchev–Trinajstić information content (AvgIpc) is 3.33. The number of carbonyl (C=O) groups is 2. The lowest BCUT2D eigenvalue weighted by Gasteiger charge is -2.10. The molecule has 0 fully saturated rings. The average molecular weight is 495 g/mol. The van der Waals surface area contributed by atoms with E-state index in [-0.39, 0.29) is 22.6 Å². The third-order valence-corrected chi connectivity index (χ3v) is 6.08. The van der Waals surface area contributed by atoms with Gasteiger partial charge in [0.1, 0.15) is 5.82 Å². The van der Waals surface area contributed by atoms with E-state index in [1.165, 1.54) is 30.0 Å². The summed E-state index contributed by atoms with van der Waals surface area (Å²) in [4.78, 5) is 29.3. The van der Waals surface area contributed by atoms with Gasteiger partial charge in [-0.2, -0.15) is 0 Å². The fourth-order valence-corrected chi connectivity index (χ4v) is 4.13. The van der Waals surface area contributed by atoms with E-state index in [1.54, 1.807) is 35.2 Å². The molecule has 0 aliphatic carbocycles. The van der Waals surface area contributed by atoms with Crippen LogP contribution in [-0.2, 0) is 11.3 Å². The van der Waals surface area contributed by atoms with E-state index < -0.39 is 5.82 Å². The van der Waals surface area contributed by atoms with Crippen molar-refractivity contribution in [3.8, 4) is 5.69 Å². The molecule has 0 saturated heterocycles. The lowest BCUT2D eigenvalue weighted by atomic mass is 10.1. The minimum absolute atomic E-state index is 0.0614. The van der Waals surface area contributed by atoms with E-state index in [0.29, 0.717) is 23.0 Å². The van der Waals surface area contributed by atoms with E-state index in [9.17, 15) is 14.0 Å². The van der Waals surface area contributed by atoms with Crippen LogP contribution in [0.15, 0.2) is 90.3 Å². The molecule has 2 N–H and O–H groups in total. The Kier molecular flexibility index (Phi) is 7.61. The fourth-order valence-electron chi connectivity index (χ4n) is 3.17. The van der Waals surface area contributed by atoms with Crippen LogP contribution in [0.25, 0.3) is 5.69 Å². The number of hydrogen-bond acceptors (Lipinski definition) is 4. The van der Waals surface area contributed by atoms with Crippen molar-refractivity contribution in [2.24, 2.45) is 0 Å². The molecule has 1 aromatic heterocycles. The molecule has 0 spiro atoms. The van der Waals surface area contributed by atoms with Crippen LogP contribution in [0.3, 0.4) is 0 Å². The Bertz CT molecular complexity index is 1310. The van der Waals surface area contributed by atoms with E-state index >= 15 is 0 Å². The van der Waals surface area contributed by atoms with E-state index in [2.05, 4.69) is 15.6 Å². The summed E-state index contributed by atoms with van der Waals surface area (Å²) in [5, 5.41) is 6.13. The first-order valence-corrected chi connectivity index (χ1v) is 11.7. The monoisotopic (exact) mass is 494 g/mol. The Balaban J connectivity index is 1.39. The molecule has 172 valence electrons. The van der Waals surface area contributed by atoms with Crippen LogP contribution >= 0.6 is 23.4 Å². The van der Waals surface area contributed by atoms with E-state index in [4.69, 9.17) is 11.6 Å².